The van der Waals surface area contributed by atoms with Gasteiger partial charge in [0.15, 0.2) is 0 Å². The van der Waals surface area contributed by atoms with Crippen molar-refractivity contribution in [2.24, 2.45) is 0 Å². The number of hydrogen-bond acceptors (Lipinski definition) is 4. The van der Waals surface area contributed by atoms with E-state index in [9.17, 15) is 14.4 Å². The normalized spacial score (nSPS) is 11.3. The number of rotatable bonds is 8. The molecule has 0 unspecified atom stereocenters. The van der Waals surface area contributed by atoms with Crippen LogP contribution >= 0.6 is 11.6 Å². The molecule has 0 fully saturated rings. The Balaban J connectivity index is 2.30. The number of hydrogen-bond donors (Lipinski definition) is 1. The van der Waals surface area contributed by atoms with Crippen molar-refractivity contribution in [2.45, 2.75) is 45.4 Å². The Bertz CT molecular complexity index is 858. The van der Waals surface area contributed by atoms with Crippen LogP contribution in [-0.4, -0.2) is 17.3 Å². The molecule has 0 heterocycles. The van der Waals surface area contributed by atoms with Crippen LogP contribution < -0.4 is 5.73 Å². The Labute approximate surface area is 164 Å². The van der Waals surface area contributed by atoms with E-state index in [0.29, 0.717) is 22.7 Å². The summed E-state index contributed by atoms with van der Waals surface area (Å²) in [7, 11) is 0. The van der Waals surface area contributed by atoms with Gasteiger partial charge >= 0.3 is 0 Å². The molecule has 0 saturated carbocycles. The zero-order valence-corrected chi connectivity index (χ0v) is 16.6. The minimum absolute atomic E-state index is 0.142. The van der Waals surface area contributed by atoms with Crippen LogP contribution in [0.25, 0.3) is 0 Å². The Hall–Kier alpha value is -2.46. The molecule has 0 aliphatic rings. The minimum Gasteiger partial charge on any atom is -0.399 e. The Morgan fingerprint density at radius 1 is 1.00 bits per heavy atom. The highest BCUT2D eigenvalue weighted by molar-refractivity contribution is 6.30. The van der Waals surface area contributed by atoms with Gasteiger partial charge in [0.25, 0.3) is 0 Å². The van der Waals surface area contributed by atoms with Crippen molar-refractivity contribution in [3.05, 3.63) is 64.2 Å². The molecule has 4 nitrogen and oxygen atoms in total. The van der Waals surface area contributed by atoms with Gasteiger partial charge in [-0.2, -0.15) is 0 Å². The quantitative estimate of drug-likeness (QED) is 0.544. The first-order chi connectivity index (χ1) is 12.7. The molecule has 142 valence electrons. The Kier molecular flexibility index (Phi) is 6.55. The molecule has 0 aliphatic heterocycles. The summed E-state index contributed by atoms with van der Waals surface area (Å²) >= 11 is 6.11. The van der Waals surface area contributed by atoms with Gasteiger partial charge in [0.1, 0.15) is 22.8 Å². The second-order valence-corrected chi connectivity index (χ2v) is 7.37. The molecular formula is C22H24ClNO3. The first kappa shape index (κ1) is 20.8. The van der Waals surface area contributed by atoms with E-state index in [1.165, 1.54) is 13.8 Å². The van der Waals surface area contributed by atoms with Gasteiger partial charge in [0, 0.05) is 23.6 Å². The van der Waals surface area contributed by atoms with Crippen LogP contribution in [0.5, 0.6) is 0 Å². The van der Waals surface area contributed by atoms with Gasteiger partial charge in [-0.3, -0.25) is 14.4 Å². The predicted octanol–water partition coefficient (Wildman–Crippen LogP) is 4.24. The van der Waals surface area contributed by atoms with Gasteiger partial charge < -0.3 is 5.73 Å². The van der Waals surface area contributed by atoms with Gasteiger partial charge in [-0.05, 0) is 68.1 Å². The summed E-state index contributed by atoms with van der Waals surface area (Å²) in [5, 5.41) is 0.428. The third-order valence-electron chi connectivity index (χ3n) is 5.00. The molecule has 2 aromatic carbocycles. The first-order valence-electron chi connectivity index (χ1n) is 8.81. The fraction of sp³-hybridized carbons (Fsp3) is 0.318. The maximum atomic E-state index is 12.7. The van der Waals surface area contributed by atoms with Crippen LogP contribution in [0.3, 0.4) is 0 Å². The number of nitrogen functional groups attached to an aromatic ring is 1. The van der Waals surface area contributed by atoms with E-state index in [1.807, 2.05) is 19.1 Å². The summed E-state index contributed by atoms with van der Waals surface area (Å²) in [5.41, 5.74) is 7.09. The summed E-state index contributed by atoms with van der Waals surface area (Å²) in [5.74, 6) is -0.834. The molecule has 0 aromatic heterocycles. The highest BCUT2D eigenvalue weighted by atomic mass is 35.5. The molecule has 0 aliphatic carbocycles. The van der Waals surface area contributed by atoms with E-state index in [1.54, 1.807) is 30.3 Å². The summed E-state index contributed by atoms with van der Waals surface area (Å²) in [4.78, 5) is 37.9. The van der Waals surface area contributed by atoms with Gasteiger partial charge in [0.2, 0.25) is 0 Å². The van der Waals surface area contributed by atoms with Crippen LogP contribution in [0.15, 0.2) is 42.5 Å². The monoisotopic (exact) mass is 385 g/mol. The largest absolute Gasteiger partial charge is 0.399 e. The molecule has 2 N–H and O–H groups in total. The third-order valence-corrected chi connectivity index (χ3v) is 5.23. The standard InChI is InChI=1S/C22H24ClNO3/c1-14-4-8-18(23)12-21(14)22(15(2)25,16(3)26)13-20(27)11-7-17-5-9-19(24)10-6-17/h4-6,8-10,12H,7,11,13,24H2,1-3H3. The number of ketones is 3. The van der Waals surface area contributed by atoms with Crippen molar-refractivity contribution in [3.63, 3.8) is 0 Å². The summed E-state index contributed by atoms with van der Waals surface area (Å²) in [6.07, 6.45) is 0.610. The van der Waals surface area contributed by atoms with Crippen molar-refractivity contribution >= 4 is 34.6 Å². The summed E-state index contributed by atoms with van der Waals surface area (Å²) < 4.78 is 0. The van der Waals surface area contributed by atoms with E-state index >= 15 is 0 Å². The highest BCUT2D eigenvalue weighted by Crippen LogP contribution is 2.35. The van der Waals surface area contributed by atoms with Crippen molar-refractivity contribution in [3.8, 4) is 0 Å². The average Bonchev–Trinajstić information content (AvgIpc) is 2.61. The molecule has 0 atom stereocenters. The topological polar surface area (TPSA) is 77.2 Å². The Morgan fingerprint density at radius 2 is 1.59 bits per heavy atom. The number of halogens is 1. The summed E-state index contributed by atoms with van der Waals surface area (Å²) in [6, 6.07) is 12.4. The molecule has 0 spiro atoms. The number of Topliss-reactive ketones (excluding diaryl/α,β-unsaturated/α-hetero) is 3. The lowest BCUT2D eigenvalue weighted by Gasteiger charge is -2.30. The van der Waals surface area contributed by atoms with Crippen LogP contribution in [0.4, 0.5) is 5.69 Å². The van der Waals surface area contributed by atoms with Crippen molar-refractivity contribution in [2.75, 3.05) is 5.73 Å². The minimum atomic E-state index is -1.49. The van der Waals surface area contributed by atoms with E-state index in [0.717, 1.165) is 11.1 Å². The molecule has 0 amide bonds. The maximum absolute atomic E-state index is 12.7. The van der Waals surface area contributed by atoms with Gasteiger partial charge in [0.05, 0.1) is 0 Å². The number of carbonyl (C=O) groups excluding carboxylic acids is 3. The lowest BCUT2D eigenvalue weighted by Crippen LogP contribution is -2.44. The Morgan fingerprint density at radius 3 is 2.15 bits per heavy atom. The molecule has 0 saturated heterocycles. The lowest BCUT2D eigenvalue weighted by atomic mass is 9.69. The molecule has 2 aromatic rings. The van der Waals surface area contributed by atoms with Gasteiger partial charge in [-0.25, -0.2) is 0 Å². The van der Waals surface area contributed by atoms with Crippen molar-refractivity contribution in [1.82, 2.24) is 0 Å². The zero-order chi connectivity index (χ0) is 20.2. The summed E-state index contributed by atoms with van der Waals surface area (Å²) in [6.45, 7) is 4.52. The fourth-order valence-electron chi connectivity index (χ4n) is 3.38. The van der Waals surface area contributed by atoms with E-state index in [2.05, 4.69) is 0 Å². The number of nitrogens with two attached hydrogens (primary N) is 1. The van der Waals surface area contributed by atoms with E-state index in [4.69, 9.17) is 17.3 Å². The van der Waals surface area contributed by atoms with E-state index in [-0.39, 0.29) is 30.2 Å². The number of carbonyl (C=O) groups is 3. The van der Waals surface area contributed by atoms with Crippen LogP contribution in [0, 0.1) is 6.92 Å². The van der Waals surface area contributed by atoms with Crippen LogP contribution in [0.1, 0.15) is 43.4 Å². The molecule has 0 radical (unpaired) electrons. The van der Waals surface area contributed by atoms with Gasteiger partial charge in [-0.1, -0.05) is 29.8 Å². The number of anilines is 1. The first-order valence-corrected chi connectivity index (χ1v) is 9.19. The van der Waals surface area contributed by atoms with Crippen molar-refractivity contribution in [1.29, 1.82) is 0 Å². The third kappa shape index (κ3) is 4.64. The van der Waals surface area contributed by atoms with Crippen LogP contribution in [0.2, 0.25) is 5.02 Å². The highest BCUT2D eigenvalue weighted by Gasteiger charge is 2.44. The number of benzene rings is 2. The average molecular weight is 386 g/mol. The van der Waals surface area contributed by atoms with Crippen LogP contribution in [-0.2, 0) is 26.2 Å². The molecule has 27 heavy (non-hydrogen) atoms. The molecule has 0 bridgehead atoms. The number of aryl methyl sites for hydroxylation is 2. The SMILES string of the molecule is CC(=O)C(CC(=O)CCc1ccc(N)cc1)(C(C)=O)c1cc(Cl)ccc1C. The molecule has 2 rings (SSSR count). The fourth-order valence-corrected chi connectivity index (χ4v) is 3.55. The predicted molar refractivity (Wildman–Crippen MR) is 108 cm³/mol. The maximum Gasteiger partial charge on any atom is 0.148 e. The molecular weight excluding hydrogens is 362 g/mol. The zero-order valence-electron chi connectivity index (χ0n) is 15.8. The second-order valence-electron chi connectivity index (χ2n) is 6.93. The molecule has 5 heteroatoms. The smallest absolute Gasteiger partial charge is 0.148 e. The van der Waals surface area contributed by atoms with Crippen molar-refractivity contribution < 1.29 is 14.4 Å². The van der Waals surface area contributed by atoms with E-state index < -0.39 is 5.41 Å². The lowest BCUT2D eigenvalue weighted by molar-refractivity contribution is -0.137. The second kappa shape index (κ2) is 8.49. The van der Waals surface area contributed by atoms with Gasteiger partial charge in [-0.15, -0.1) is 0 Å².